The minimum atomic E-state index is -1.19. The summed E-state index contributed by atoms with van der Waals surface area (Å²) in [4.78, 5) is 56.2. The Balaban J connectivity index is 2.63. The molecule has 9 heteroatoms. The summed E-state index contributed by atoms with van der Waals surface area (Å²) in [6, 6.07) is 12.8. The molecule has 0 heterocycles. The summed E-state index contributed by atoms with van der Waals surface area (Å²) in [7, 11) is 0. The van der Waals surface area contributed by atoms with E-state index >= 15 is 0 Å². The van der Waals surface area contributed by atoms with Crippen molar-refractivity contribution in [1.82, 2.24) is 15.5 Å². The third kappa shape index (κ3) is 11.3. The molecule has 0 fully saturated rings. The number of benzene rings is 2. The van der Waals surface area contributed by atoms with Crippen molar-refractivity contribution in [3.8, 4) is 12.3 Å². The molecule has 244 valence electrons. The van der Waals surface area contributed by atoms with Gasteiger partial charge in [-0.1, -0.05) is 55.3 Å². The summed E-state index contributed by atoms with van der Waals surface area (Å²) in [5.41, 5.74) is -0.535. The Morgan fingerprint density at radius 2 is 1.40 bits per heavy atom. The van der Waals surface area contributed by atoms with E-state index in [1.807, 2.05) is 51.1 Å². The van der Waals surface area contributed by atoms with Crippen LogP contribution in [0.3, 0.4) is 0 Å². The van der Waals surface area contributed by atoms with Gasteiger partial charge in [-0.25, -0.2) is 9.59 Å². The molecule has 0 saturated heterocycles. The van der Waals surface area contributed by atoms with Crippen LogP contribution in [-0.4, -0.2) is 57.6 Å². The molecule has 3 unspecified atom stereocenters. The van der Waals surface area contributed by atoms with E-state index in [1.54, 1.807) is 72.7 Å². The van der Waals surface area contributed by atoms with Gasteiger partial charge in [0.15, 0.2) is 0 Å². The van der Waals surface area contributed by atoms with E-state index in [0.29, 0.717) is 17.5 Å². The second-order valence-corrected chi connectivity index (χ2v) is 13.7. The van der Waals surface area contributed by atoms with E-state index in [1.165, 1.54) is 4.90 Å². The van der Waals surface area contributed by atoms with Crippen molar-refractivity contribution < 1.29 is 28.7 Å². The number of ether oxygens (including phenoxy) is 2. The zero-order chi connectivity index (χ0) is 34.2. The third-order valence-electron chi connectivity index (χ3n) is 7.05. The quantitative estimate of drug-likeness (QED) is 0.246. The third-order valence-corrected chi connectivity index (χ3v) is 7.05. The first-order chi connectivity index (χ1) is 20.8. The molecule has 9 nitrogen and oxygen atoms in total. The number of nitrogens with zero attached hydrogens (tertiary/aromatic N) is 1. The molecule has 0 radical (unpaired) electrons. The Hall–Kier alpha value is -4.32. The number of amides is 3. The molecule has 2 rings (SSSR count). The molecule has 0 aliphatic heterocycles. The van der Waals surface area contributed by atoms with Gasteiger partial charge in [0.25, 0.3) is 0 Å². The molecule has 0 aromatic heterocycles. The minimum Gasteiger partial charge on any atom is -0.458 e. The van der Waals surface area contributed by atoms with Gasteiger partial charge in [0.05, 0.1) is 0 Å². The first-order valence-corrected chi connectivity index (χ1v) is 15.2. The zero-order valence-corrected chi connectivity index (χ0v) is 28.3. The van der Waals surface area contributed by atoms with Crippen LogP contribution in [0.5, 0.6) is 0 Å². The molecule has 2 aromatic rings. The molecule has 2 N–H and O–H groups in total. The van der Waals surface area contributed by atoms with Gasteiger partial charge in [0.1, 0.15) is 29.3 Å². The highest BCUT2D eigenvalue weighted by atomic mass is 16.6. The maximum atomic E-state index is 14.4. The van der Waals surface area contributed by atoms with Crippen LogP contribution in [0.15, 0.2) is 54.6 Å². The van der Waals surface area contributed by atoms with Crippen LogP contribution < -0.4 is 10.6 Å². The van der Waals surface area contributed by atoms with E-state index in [9.17, 15) is 19.2 Å². The lowest BCUT2D eigenvalue weighted by molar-refractivity contribution is -0.159. The van der Waals surface area contributed by atoms with Gasteiger partial charge in [-0.15, -0.1) is 6.42 Å². The second kappa shape index (κ2) is 15.1. The lowest BCUT2D eigenvalue weighted by Gasteiger charge is -2.44. The van der Waals surface area contributed by atoms with Gasteiger partial charge in [0.2, 0.25) is 11.8 Å². The fourth-order valence-electron chi connectivity index (χ4n) is 4.55. The highest BCUT2D eigenvalue weighted by Gasteiger charge is 2.43. The van der Waals surface area contributed by atoms with Crippen molar-refractivity contribution in [2.45, 2.75) is 117 Å². The van der Waals surface area contributed by atoms with Gasteiger partial charge in [-0.3, -0.25) is 9.59 Å². The molecule has 3 atom stereocenters. The van der Waals surface area contributed by atoms with Crippen LogP contribution in [-0.2, 0) is 30.3 Å². The number of hydrogen-bond donors (Lipinski definition) is 2. The second-order valence-electron chi connectivity index (χ2n) is 13.7. The average molecular weight is 620 g/mol. The lowest BCUT2D eigenvalue weighted by Crippen LogP contribution is -2.59. The standard InChI is InChI=1S/C36H49N3O6/c1-12-25-19-21-27(22-20-25)29(39(36(10,11)13-2)31(41)24(3)37-33(43)45-35(7,8)9)30(40)38-28(32(42)44-34(4,5)6)23-26-17-15-14-16-18-26/h1,14-22,24,28-29H,13,23H2,2-11H3,(H,37,43)(H,38,40). The highest BCUT2D eigenvalue weighted by molar-refractivity contribution is 5.94. The van der Waals surface area contributed by atoms with E-state index in [-0.39, 0.29) is 6.42 Å². The zero-order valence-electron chi connectivity index (χ0n) is 28.3. The Kier molecular flexibility index (Phi) is 12.4. The Morgan fingerprint density at radius 3 is 1.89 bits per heavy atom. The van der Waals surface area contributed by atoms with Crippen molar-refractivity contribution >= 4 is 23.9 Å². The molecular weight excluding hydrogens is 570 g/mol. The van der Waals surface area contributed by atoms with Crippen LogP contribution >= 0.6 is 0 Å². The number of carbonyl (C=O) groups excluding carboxylic acids is 4. The summed E-state index contributed by atoms with van der Waals surface area (Å²) in [6.07, 6.45) is 5.48. The number of hydrogen-bond acceptors (Lipinski definition) is 6. The highest BCUT2D eigenvalue weighted by Crippen LogP contribution is 2.32. The first-order valence-electron chi connectivity index (χ1n) is 15.2. The van der Waals surface area contributed by atoms with Crippen molar-refractivity contribution in [3.05, 3.63) is 71.3 Å². The maximum Gasteiger partial charge on any atom is 0.408 e. The normalized spacial score (nSPS) is 13.8. The number of esters is 1. The van der Waals surface area contributed by atoms with E-state index < -0.39 is 58.7 Å². The van der Waals surface area contributed by atoms with Crippen molar-refractivity contribution in [3.63, 3.8) is 0 Å². The van der Waals surface area contributed by atoms with E-state index in [4.69, 9.17) is 15.9 Å². The summed E-state index contributed by atoms with van der Waals surface area (Å²) in [6.45, 7) is 17.6. The summed E-state index contributed by atoms with van der Waals surface area (Å²) in [5, 5.41) is 5.51. The molecule has 0 spiro atoms. The predicted molar refractivity (Wildman–Crippen MR) is 175 cm³/mol. The Bertz CT molecular complexity index is 1360. The van der Waals surface area contributed by atoms with Crippen LogP contribution in [0.25, 0.3) is 0 Å². The van der Waals surface area contributed by atoms with Gasteiger partial charge < -0.3 is 25.0 Å². The topological polar surface area (TPSA) is 114 Å². The largest absolute Gasteiger partial charge is 0.458 e. The number of alkyl carbamates (subject to hydrolysis) is 1. The van der Waals surface area contributed by atoms with Crippen molar-refractivity contribution in [1.29, 1.82) is 0 Å². The molecule has 0 aliphatic carbocycles. The Labute approximate surface area is 268 Å². The van der Waals surface area contributed by atoms with E-state index in [0.717, 1.165) is 5.56 Å². The number of carbonyl (C=O) groups is 4. The van der Waals surface area contributed by atoms with Gasteiger partial charge in [-0.05, 0) is 92.0 Å². The molecular formula is C36H49N3O6. The number of nitrogens with one attached hydrogen (secondary N) is 2. The van der Waals surface area contributed by atoms with Crippen molar-refractivity contribution in [2.24, 2.45) is 0 Å². The number of terminal acetylenes is 1. The summed E-state index contributed by atoms with van der Waals surface area (Å²) >= 11 is 0. The first kappa shape index (κ1) is 36.9. The summed E-state index contributed by atoms with van der Waals surface area (Å²) in [5.74, 6) is 0.867. The molecule has 0 bridgehead atoms. The smallest absolute Gasteiger partial charge is 0.408 e. The van der Waals surface area contributed by atoms with Crippen molar-refractivity contribution in [2.75, 3.05) is 0 Å². The van der Waals surface area contributed by atoms with Gasteiger partial charge >= 0.3 is 12.1 Å². The van der Waals surface area contributed by atoms with Crippen LogP contribution in [0, 0.1) is 12.3 Å². The summed E-state index contributed by atoms with van der Waals surface area (Å²) < 4.78 is 11.1. The Morgan fingerprint density at radius 1 is 0.844 bits per heavy atom. The van der Waals surface area contributed by atoms with Gasteiger partial charge in [0, 0.05) is 17.5 Å². The minimum absolute atomic E-state index is 0.173. The molecule has 3 amide bonds. The van der Waals surface area contributed by atoms with E-state index in [2.05, 4.69) is 16.6 Å². The SMILES string of the molecule is C#Cc1ccc(C(C(=O)NC(Cc2ccccc2)C(=O)OC(C)(C)C)N(C(=O)C(C)NC(=O)OC(C)(C)C)C(C)(C)CC)cc1. The van der Waals surface area contributed by atoms with Crippen LogP contribution in [0.4, 0.5) is 4.79 Å². The molecule has 0 saturated carbocycles. The number of rotatable bonds is 11. The van der Waals surface area contributed by atoms with Crippen LogP contribution in [0.2, 0.25) is 0 Å². The van der Waals surface area contributed by atoms with Gasteiger partial charge in [-0.2, -0.15) is 0 Å². The monoisotopic (exact) mass is 619 g/mol. The molecule has 0 aliphatic rings. The average Bonchev–Trinajstić information content (AvgIpc) is 2.93. The maximum absolute atomic E-state index is 14.4. The van der Waals surface area contributed by atoms with Crippen LogP contribution in [0.1, 0.15) is 98.4 Å². The fraction of sp³-hybridized carbons (Fsp3) is 0.500. The molecule has 45 heavy (non-hydrogen) atoms. The fourth-order valence-corrected chi connectivity index (χ4v) is 4.55. The lowest BCUT2D eigenvalue weighted by atomic mass is 9.91. The predicted octanol–water partition coefficient (Wildman–Crippen LogP) is 5.71. The molecule has 2 aromatic carbocycles.